The highest BCUT2D eigenvalue weighted by molar-refractivity contribution is 6.30. The summed E-state index contributed by atoms with van der Waals surface area (Å²) < 4.78 is 15.5. The highest BCUT2D eigenvalue weighted by Crippen LogP contribution is 2.34. The van der Waals surface area contributed by atoms with Gasteiger partial charge in [-0.2, -0.15) is 0 Å². The molecule has 0 saturated heterocycles. The summed E-state index contributed by atoms with van der Waals surface area (Å²) in [6, 6.07) is 13.9. The monoisotopic (exact) mass is 384 g/mol. The van der Waals surface area contributed by atoms with Gasteiger partial charge in [0.15, 0.2) is 0 Å². The molecule has 3 aromatic rings. The molecule has 27 heavy (non-hydrogen) atoms. The first kappa shape index (κ1) is 19.2. The summed E-state index contributed by atoms with van der Waals surface area (Å²) in [5.74, 6) is -0.791. The van der Waals surface area contributed by atoms with Gasteiger partial charge in [0.1, 0.15) is 5.82 Å². The van der Waals surface area contributed by atoms with Crippen LogP contribution in [0, 0.1) is 12.7 Å². The molecule has 140 valence electrons. The van der Waals surface area contributed by atoms with Crippen molar-refractivity contribution in [3.63, 3.8) is 0 Å². The number of primary amides is 1. The van der Waals surface area contributed by atoms with Crippen molar-refractivity contribution in [2.45, 2.75) is 33.2 Å². The third-order valence-corrected chi connectivity index (χ3v) is 4.96. The van der Waals surface area contributed by atoms with E-state index in [2.05, 4.69) is 11.5 Å². The average Bonchev–Trinajstić information content (AvgIpc) is 2.89. The van der Waals surface area contributed by atoms with Crippen molar-refractivity contribution in [3.05, 3.63) is 81.9 Å². The second-order valence-electron chi connectivity index (χ2n) is 6.62. The number of aromatic nitrogens is 1. The number of rotatable bonds is 6. The first-order chi connectivity index (χ1) is 12.9. The van der Waals surface area contributed by atoms with Crippen molar-refractivity contribution in [2.24, 2.45) is 5.73 Å². The first-order valence-corrected chi connectivity index (χ1v) is 9.32. The van der Waals surface area contributed by atoms with Crippen LogP contribution in [-0.4, -0.2) is 10.5 Å². The Labute approximate surface area is 163 Å². The topological polar surface area (TPSA) is 48.0 Å². The number of carbonyl (C=O) groups is 1. The van der Waals surface area contributed by atoms with E-state index >= 15 is 0 Å². The zero-order valence-corrected chi connectivity index (χ0v) is 16.2. The van der Waals surface area contributed by atoms with Crippen LogP contribution in [0.5, 0.6) is 0 Å². The lowest BCUT2D eigenvalue weighted by molar-refractivity contribution is 0.1000. The van der Waals surface area contributed by atoms with Crippen LogP contribution in [0.15, 0.2) is 48.5 Å². The molecule has 0 fully saturated rings. The molecular weight excluding hydrogens is 363 g/mol. The molecule has 0 aliphatic heterocycles. The summed E-state index contributed by atoms with van der Waals surface area (Å²) in [4.78, 5) is 12.3. The molecule has 0 aliphatic rings. The van der Waals surface area contributed by atoms with Gasteiger partial charge in [0.05, 0.1) is 5.56 Å². The highest BCUT2D eigenvalue weighted by Gasteiger charge is 2.24. The van der Waals surface area contributed by atoms with Gasteiger partial charge < -0.3 is 10.3 Å². The predicted molar refractivity (Wildman–Crippen MR) is 108 cm³/mol. The Balaban J connectivity index is 2.22. The Kier molecular flexibility index (Phi) is 5.66. The van der Waals surface area contributed by atoms with E-state index in [9.17, 15) is 9.18 Å². The largest absolute Gasteiger partial charge is 0.366 e. The van der Waals surface area contributed by atoms with Gasteiger partial charge in [-0.05, 0) is 48.7 Å². The summed E-state index contributed by atoms with van der Waals surface area (Å²) in [7, 11) is 0. The molecule has 0 unspecified atom stereocenters. The van der Waals surface area contributed by atoms with Gasteiger partial charge >= 0.3 is 0 Å². The van der Waals surface area contributed by atoms with Crippen molar-refractivity contribution in [3.8, 4) is 11.1 Å². The molecule has 2 aromatic carbocycles. The normalized spacial score (nSPS) is 11.0. The third kappa shape index (κ3) is 3.91. The van der Waals surface area contributed by atoms with Crippen LogP contribution < -0.4 is 5.73 Å². The predicted octanol–water partition coefficient (Wildman–Crippen LogP) is 5.36. The molecule has 1 aromatic heterocycles. The molecule has 3 nitrogen and oxygen atoms in total. The third-order valence-electron chi connectivity index (χ3n) is 4.73. The Morgan fingerprint density at radius 2 is 1.89 bits per heavy atom. The number of nitrogens with two attached hydrogens (primary N) is 1. The van der Waals surface area contributed by atoms with E-state index in [4.69, 9.17) is 17.3 Å². The summed E-state index contributed by atoms with van der Waals surface area (Å²) in [5, 5.41) is 0.670. The number of benzene rings is 2. The van der Waals surface area contributed by atoms with Crippen molar-refractivity contribution in [1.29, 1.82) is 0 Å². The van der Waals surface area contributed by atoms with Gasteiger partial charge in [-0.1, -0.05) is 49.2 Å². The van der Waals surface area contributed by atoms with Crippen LogP contribution in [0.25, 0.3) is 11.1 Å². The van der Waals surface area contributed by atoms with Gasteiger partial charge in [0.2, 0.25) is 0 Å². The van der Waals surface area contributed by atoms with Crippen molar-refractivity contribution >= 4 is 17.5 Å². The molecule has 0 spiro atoms. The highest BCUT2D eigenvalue weighted by atomic mass is 35.5. The van der Waals surface area contributed by atoms with E-state index in [0.717, 1.165) is 40.9 Å². The zero-order valence-electron chi connectivity index (χ0n) is 15.4. The molecule has 3 rings (SSSR count). The molecule has 0 atom stereocenters. The van der Waals surface area contributed by atoms with Gasteiger partial charge in [0.25, 0.3) is 5.91 Å². The second kappa shape index (κ2) is 7.97. The SMILES string of the molecule is CCCc1c(-c2ccc(F)cc2)c(C(N)=O)c(C)n1Cc1cccc(Cl)c1. The average molecular weight is 385 g/mol. The quantitative estimate of drug-likeness (QED) is 0.611. The fourth-order valence-corrected chi connectivity index (χ4v) is 3.77. The second-order valence-corrected chi connectivity index (χ2v) is 7.06. The summed E-state index contributed by atoms with van der Waals surface area (Å²) in [5.41, 5.74) is 10.7. The van der Waals surface area contributed by atoms with E-state index in [1.54, 1.807) is 12.1 Å². The Bertz CT molecular complexity index is 977. The molecule has 0 bridgehead atoms. The summed E-state index contributed by atoms with van der Waals surface area (Å²) in [6.45, 7) is 4.57. The smallest absolute Gasteiger partial charge is 0.251 e. The van der Waals surface area contributed by atoms with Crippen LogP contribution in [-0.2, 0) is 13.0 Å². The van der Waals surface area contributed by atoms with Crippen LogP contribution in [0.4, 0.5) is 4.39 Å². The maximum absolute atomic E-state index is 13.4. The number of nitrogens with zero attached hydrogens (tertiary/aromatic N) is 1. The van der Waals surface area contributed by atoms with E-state index < -0.39 is 5.91 Å². The fourth-order valence-electron chi connectivity index (χ4n) is 3.56. The van der Waals surface area contributed by atoms with Crippen molar-refractivity contribution < 1.29 is 9.18 Å². The lowest BCUT2D eigenvalue weighted by Crippen LogP contribution is -2.13. The number of carbonyl (C=O) groups excluding carboxylic acids is 1. The number of halogens is 2. The van der Waals surface area contributed by atoms with Gasteiger partial charge in [-0.25, -0.2) is 4.39 Å². The number of hydrogen-bond donors (Lipinski definition) is 1. The molecule has 0 radical (unpaired) electrons. The number of hydrogen-bond acceptors (Lipinski definition) is 1. The minimum atomic E-state index is -0.478. The molecule has 5 heteroatoms. The van der Waals surface area contributed by atoms with Crippen LogP contribution >= 0.6 is 11.6 Å². The maximum atomic E-state index is 13.4. The van der Waals surface area contributed by atoms with E-state index in [0.29, 0.717) is 17.1 Å². The van der Waals surface area contributed by atoms with Gasteiger partial charge in [0, 0.05) is 28.5 Å². The minimum Gasteiger partial charge on any atom is -0.366 e. The summed E-state index contributed by atoms with van der Waals surface area (Å²) >= 11 is 6.13. The van der Waals surface area contributed by atoms with E-state index in [1.807, 2.05) is 31.2 Å². The van der Waals surface area contributed by atoms with Crippen LogP contribution in [0.1, 0.15) is 40.7 Å². The molecule has 0 saturated carbocycles. The lowest BCUT2D eigenvalue weighted by Gasteiger charge is -2.13. The van der Waals surface area contributed by atoms with E-state index in [1.165, 1.54) is 12.1 Å². The maximum Gasteiger partial charge on any atom is 0.251 e. The van der Waals surface area contributed by atoms with Crippen molar-refractivity contribution in [2.75, 3.05) is 0 Å². The minimum absolute atomic E-state index is 0.313. The molecule has 2 N–H and O–H groups in total. The molecule has 0 aliphatic carbocycles. The van der Waals surface area contributed by atoms with Gasteiger partial charge in [-0.3, -0.25) is 4.79 Å². The first-order valence-electron chi connectivity index (χ1n) is 8.94. The fraction of sp³-hybridized carbons (Fsp3) is 0.227. The van der Waals surface area contributed by atoms with Crippen LogP contribution in [0.2, 0.25) is 5.02 Å². The molecular formula is C22H22ClFN2O. The molecule has 1 heterocycles. The summed E-state index contributed by atoms with van der Waals surface area (Å²) in [6.07, 6.45) is 1.69. The number of amides is 1. The standard InChI is InChI=1S/C22H22ClFN2O/c1-3-5-19-21(16-8-10-18(24)11-9-16)20(22(25)27)14(2)26(19)13-15-6-4-7-17(23)12-15/h4,6-12H,3,5,13H2,1-2H3,(H2,25,27). The zero-order chi connectivity index (χ0) is 19.6. The molecule has 1 amide bonds. The van der Waals surface area contributed by atoms with Crippen molar-refractivity contribution in [1.82, 2.24) is 4.57 Å². The Hall–Kier alpha value is -2.59. The van der Waals surface area contributed by atoms with E-state index in [-0.39, 0.29) is 5.82 Å². The lowest BCUT2D eigenvalue weighted by atomic mass is 9.98. The van der Waals surface area contributed by atoms with Gasteiger partial charge in [-0.15, -0.1) is 0 Å². The Morgan fingerprint density at radius 1 is 1.19 bits per heavy atom. The Morgan fingerprint density at radius 3 is 2.48 bits per heavy atom. The van der Waals surface area contributed by atoms with Crippen LogP contribution in [0.3, 0.4) is 0 Å².